The summed E-state index contributed by atoms with van der Waals surface area (Å²) in [5, 5.41) is 0. The number of rotatable bonds is 0. The van der Waals surface area contributed by atoms with Crippen LogP contribution in [0, 0.1) is 0 Å². The van der Waals surface area contributed by atoms with Crippen molar-refractivity contribution in [2.75, 3.05) is 0 Å². The first kappa shape index (κ1) is 16.3. The molecule has 0 fully saturated rings. The number of hydrogen-bond donors (Lipinski definition) is 0. The van der Waals surface area contributed by atoms with Crippen LogP contribution in [0.4, 0.5) is 0 Å². The van der Waals surface area contributed by atoms with Gasteiger partial charge in [0.25, 0.3) is 0 Å². The highest BCUT2D eigenvalue weighted by atomic mass is 32.2. The largest absolute Gasteiger partial charge is 0.471 e. The molecule has 0 radical (unpaired) electrons. The Bertz CT molecular complexity index is 1420. The lowest BCUT2D eigenvalue weighted by Crippen LogP contribution is -2.42. The predicted octanol–water partition coefficient (Wildman–Crippen LogP) is 6.15. The predicted molar refractivity (Wildman–Crippen MR) is 118 cm³/mol. The number of nitrogens with zero attached hydrogens (tertiary/aromatic N) is 2. The Morgan fingerprint density at radius 2 is 1.40 bits per heavy atom. The third kappa shape index (κ3) is 1.94. The van der Waals surface area contributed by atoms with Gasteiger partial charge >= 0.3 is 0 Å². The van der Waals surface area contributed by atoms with Crippen molar-refractivity contribution >= 4 is 17.4 Å². The Hall–Kier alpha value is -3.50. The van der Waals surface area contributed by atoms with E-state index >= 15 is 0 Å². The van der Waals surface area contributed by atoms with Gasteiger partial charge in [-0.2, -0.15) is 0 Å². The van der Waals surface area contributed by atoms with Crippen LogP contribution in [-0.4, -0.2) is 9.38 Å². The van der Waals surface area contributed by atoms with Gasteiger partial charge in [0.2, 0.25) is 5.60 Å². The third-order valence-electron chi connectivity index (χ3n) is 6.02. The molecule has 1 spiro atoms. The average Bonchev–Trinajstić information content (AvgIpc) is 3.20. The molecule has 0 saturated carbocycles. The van der Waals surface area contributed by atoms with Crippen molar-refractivity contribution in [1.29, 1.82) is 0 Å². The molecule has 5 aromatic rings. The minimum absolute atomic E-state index is 0.761. The van der Waals surface area contributed by atoms with Gasteiger partial charge in [0.15, 0.2) is 0 Å². The van der Waals surface area contributed by atoms with Gasteiger partial charge in [0.1, 0.15) is 22.8 Å². The molecule has 2 aliphatic rings. The molecule has 0 bridgehead atoms. The minimum Gasteiger partial charge on any atom is -0.471 e. The van der Waals surface area contributed by atoms with Gasteiger partial charge < -0.3 is 4.74 Å². The number of fused-ring (bicyclic) bond motifs is 10. The Morgan fingerprint density at radius 1 is 0.733 bits per heavy atom. The second kappa shape index (κ2) is 5.77. The van der Waals surface area contributed by atoms with Crippen molar-refractivity contribution in [2.24, 2.45) is 0 Å². The fourth-order valence-corrected chi connectivity index (χ4v) is 5.98. The zero-order valence-corrected chi connectivity index (χ0v) is 16.8. The zero-order chi connectivity index (χ0) is 19.7. The van der Waals surface area contributed by atoms with Crippen molar-refractivity contribution in [3.63, 3.8) is 0 Å². The van der Waals surface area contributed by atoms with E-state index in [0.717, 1.165) is 39.5 Å². The number of hydrogen-bond acceptors (Lipinski definition) is 3. The molecule has 2 aromatic heterocycles. The highest BCUT2D eigenvalue weighted by molar-refractivity contribution is 7.99. The normalized spacial score (nSPS) is 15.1. The van der Waals surface area contributed by atoms with Crippen LogP contribution >= 0.6 is 11.8 Å². The van der Waals surface area contributed by atoms with E-state index in [2.05, 4.69) is 83.4 Å². The first-order valence-electron chi connectivity index (χ1n) is 9.99. The highest BCUT2D eigenvalue weighted by Gasteiger charge is 2.51. The van der Waals surface area contributed by atoms with E-state index in [9.17, 15) is 0 Å². The van der Waals surface area contributed by atoms with Crippen LogP contribution in [0.15, 0.2) is 107 Å². The summed E-state index contributed by atoms with van der Waals surface area (Å²) in [7, 11) is 0. The maximum atomic E-state index is 7.03. The summed E-state index contributed by atoms with van der Waals surface area (Å²) in [4.78, 5) is 7.50. The van der Waals surface area contributed by atoms with Gasteiger partial charge in [-0.1, -0.05) is 66.4 Å². The molecule has 3 nitrogen and oxygen atoms in total. The molecule has 0 N–H and O–H groups in total. The lowest BCUT2D eigenvalue weighted by Gasteiger charge is -2.43. The fourth-order valence-electron chi connectivity index (χ4n) is 4.81. The van der Waals surface area contributed by atoms with Crippen molar-refractivity contribution in [1.82, 2.24) is 9.38 Å². The van der Waals surface area contributed by atoms with Crippen LogP contribution in [0.25, 0.3) is 16.9 Å². The Kier molecular flexibility index (Phi) is 3.14. The first-order chi connectivity index (χ1) is 14.9. The van der Waals surface area contributed by atoms with Gasteiger partial charge in [0, 0.05) is 32.7 Å². The summed E-state index contributed by atoms with van der Waals surface area (Å²) in [6, 6.07) is 31.5. The molecule has 4 heteroatoms. The first-order valence-corrected chi connectivity index (χ1v) is 10.8. The van der Waals surface area contributed by atoms with Gasteiger partial charge in [-0.25, -0.2) is 4.98 Å². The second-order valence-electron chi connectivity index (χ2n) is 7.61. The van der Waals surface area contributed by atoms with Crippen LogP contribution in [0.5, 0.6) is 5.75 Å². The molecule has 0 unspecified atom stereocenters. The lowest BCUT2D eigenvalue weighted by atomic mass is 9.79. The van der Waals surface area contributed by atoms with Gasteiger partial charge in [-0.3, -0.25) is 4.40 Å². The van der Waals surface area contributed by atoms with Gasteiger partial charge in [0.05, 0.1) is 0 Å². The van der Waals surface area contributed by atoms with E-state index in [1.54, 1.807) is 11.8 Å². The summed E-state index contributed by atoms with van der Waals surface area (Å²) < 4.78 is 9.22. The summed E-state index contributed by atoms with van der Waals surface area (Å²) in [5.74, 6) is 0.866. The zero-order valence-electron chi connectivity index (χ0n) is 15.9. The third-order valence-corrected chi connectivity index (χ3v) is 7.17. The van der Waals surface area contributed by atoms with Crippen LogP contribution in [-0.2, 0) is 5.60 Å². The molecule has 0 aliphatic carbocycles. The monoisotopic (exact) mass is 404 g/mol. The number of aromatic nitrogens is 2. The van der Waals surface area contributed by atoms with Crippen molar-refractivity contribution in [3.8, 4) is 17.0 Å². The second-order valence-corrected chi connectivity index (χ2v) is 8.70. The highest BCUT2D eigenvalue weighted by Crippen LogP contribution is 2.57. The maximum Gasteiger partial charge on any atom is 0.204 e. The summed E-state index contributed by atoms with van der Waals surface area (Å²) in [6.45, 7) is 0. The van der Waals surface area contributed by atoms with Gasteiger partial charge in [-0.15, -0.1) is 0 Å². The molecule has 0 saturated heterocycles. The molecule has 142 valence electrons. The Labute approximate surface area is 178 Å². The van der Waals surface area contributed by atoms with Crippen molar-refractivity contribution < 1.29 is 4.74 Å². The topological polar surface area (TPSA) is 26.5 Å². The van der Waals surface area contributed by atoms with Crippen LogP contribution in [0.3, 0.4) is 0 Å². The maximum absolute atomic E-state index is 7.03. The summed E-state index contributed by atoms with van der Waals surface area (Å²) in [5.41, 5.74) is 5.58. The number of benzene rings is 3. The summed E-state index contributed by atoms with van der Waals surface area (Å²) in [6.07, 6.45) is 2.09. The molecule has 0 atom stereocenters. The standard InChI is InChI=1S/C26H16N2OS/c1-4-12-20-17(9-1)24-25(28-16-8-7-15-23(28)27-24)26(29-20)18-10-2-5-13-21(18)30-22-14-6-3-11-19(22)26/h1-16H. The number of pyridine rings is 1. The van der Waals surface area contributed by atoms with E-state index in [0.29, 0.717) is 0 Å². The van der Waals surface area contributed by atoms with E-state index in [4.69, 9.17) is 9.72 Å². The van der Waals surface area contributed by atoms with Crippen LogP contribution < -0.4 is 4.74 Å². The van der Waals surface area contributed by atoms with E-state index < -0.39 is 5.60 Å². The van der Waals surface area contributed by atoms with Crippen molar-refractivity contribution in [2.45, 2.75) is 15.4 Å². The fraction of sp³-hybridized carbons (Fsp3) is 0.0385. The van der Waals surface area contributed by atoms with E-state index in [1.807, 2.05) is 18.2 Å². The molecule has 30 heavy (non-hydrogen) atoms. The van der Waals surface area contributed by atoms with Crippen molar-refractivity contribution in [3.05, 3.63) is 114 Å². The Morgan fingerprint density at radius 3 is 2.20 bits per heavy atom. The van der Waals surface area contributed by atoms with E-state index in [-0.39, 0.29) is 0 Å². The number of ether oxygens (including phenoxy) is 1. The Balaban J connectivity index is 1.71. The molecule has 2 aliphatic heterocycles. The lowest BCUT2D eigenvalue weighted by molar-refractivity contribution is 0.139. The molecule has 3 aromatic carbocycles. The molecular formula is C26H16N2OS. The average molecular weight is 404 g/mol. The smallest absolute Gasteiger partial charge is 0.204 e. The molecular weight excluding hydrogens is 388 g/mol. The number of para-hydroxylation sites is 1. The minimum atomic E-state index is -0.761. The van der Waals surface area contributed by atoms with Crippen LogP contribution in [0.1, 0.15) is 16.8 Å². The SMILES string of the molecule is c1ccc2c(c1)OC1(c3ccccc3Sc3ccccc31)c1c-2nc2ccccn12. The summed E-state index contributed by atoms with van der Waals surface area (Å²) >= 11 is 1.80. The molecule has 0 amide bonds. The molecule has 7 rings (SSSR count). The van der Waals surface area contributed by atoms with Crippen LogP contribution in [0.2, 0.25) is 0 Å². The molecule has 4 heterocycles. The van der Waals surface area contributed by atoms with E-state index in [1.165, 1.54) is 9.79 Å². The quantitative estimate of drug-likeness (QED) is 0.310. The van der Waals surface area contributed by atoms with Gasteiger partial charge in [-0.05, 0) is 36.4 Å². The number of imidazole rings is 1.